The van der Waals surface area contributed by atoms with Crippen molar-refractivity contribution in [3.63, 3.8) is 0 Å². The van der Waals surface area contributed by atoms with E-state index in [0.717, 1.165) is 11.1 Å². The van der Waals surface area contributed by atoms with E-state index in [2.05, 4.69) is 4.98 Å². The zero-order valence-corrected chi connectivity index (χ0v) is 9.23. The molecular weight excluding hydrogens is 235 g/mol. The molecule has 0 spiro atoms. The quantitative estimate of drug-likeness (QED) is 0.879. The van der Waals surface area contributed by atoms with Crippen molar-refractivity contribution in [2.24, 2.45) is 5.73 Å². The summed E-state index contributed by atoms with van der Waals surface area (Å²) >= 11 is 7.41. The van der Waals surface area contributed by atoms with Gasteiger partial charge >= 0.3 is 0 Å². The van der Waals surface area contributed by atoms with Crippen LogP contribution >= 0.6 is 22.9 Å². The SMILES string of the molecule is NC(c1ccc(F)cn1)c1sccc1Cl. The van der Waals surface area contributed by atoms with E-state index in [1.54, 1.807) is 12.1 Å². The highest BCUT2D eigenvalue weighted by molar-refractivity contribution is 7.10. The van der Waals surface area contributed by atoms with Gasteiger partial charge in [-0.05, 0) is 23.6 Å². The number of thiophene rings is 1. The second-order valence-corrected chi connectivity index (χ2v) is 4.37. The van der Waals surface area contributed by atoms with Crippen molar-refractivity contribution in [2.45, 2.75) is 6.04 Å². The second-order valence-electron chi connectivity index (χ2n) is 3.01. The average molecular weight is 243 g/mol. The maximum atomic E-state index is 12.6. The minimum atomic E-state index is -0.391. The molecule has 2 heterocycles. The molecule has 0 aliphatic carbocycles. The van der Waals surface area contributed by atoms with Crippen molar-refractivity contribution in [1.82, 2.24) is 4.98 Å². The van der Waals surface area contributed by atoms with Gasteiger partial charge in [0.1, 0.15) is 5.82 Å². The molecule has 2 nitrogen and oxygen atoms in total. The molecule has 2 N–H and O–H groups in total. The lowest BCUT2D eigenvalue weighted by Crippen LogP contribution is -2.12. The lowest BCUT2D eigenvalue weighted by atomic mass is 10.1. The lowest BCUT2D eigenvalue weighted by molar-refractivity contribution is 0.617. The molecule has 0 amide bonds. The molecule has 2 aromatic heterocycles. The smallest absolute Gasteiger partial charge is 0.141 e. The maximum Gasteiger partial charge on any atom is 0.141 e. The number of aromatic nitrogens is 1. The number of nitrogens with zero attached hydrogens (tertiary/aromatic N) is 1. The highest BCUT2D eigenvalue weighted by atomic mass is 35.5. The standard InChI is InChI=1S/C10H8ClFN2S/c11-7-3-4-15-10(7)9(13)8-2-1-6(12)5-14-8/h1-5,9H,13H2. The second kappa shape index (κ2) is 4.26. The number of hydrogen-bond acceptors (Lipinski definition) is 3. The van der Waals surface area contributed by atoms with Crippen LogP contribution < -0.4 is 5.73 Å². The van der Waals surface area contributed by atoms with E-state index in [0.29, 0.717) is 10.7 Å². The maximum absolute atomic E-state index is 12.6. The van der Waals surface area contributed by atoms with Crippen LogP contribution in [0.15, 0.2) is 29.8 Å². The Balaban J connectivity index is 2.32. The first-order chi connectivity index (χ1) is 7.18. The van der Waals surface area contributed by atoms with Gasteiger partial charge in [-0.15, -0.1) is 11.3 Å². The third kappa shape index (κ3) is 2.17. The summed E-state index contributed by atoms with van der Waals surface area (Å²) < 4.78 is 12.6. The zero-order valence-electron chi connectivity index (χ0n) is 7.65. The summed E-state index contributed by atoms with van der Waals surface area (Å²) in [5.41, 5.74) is 6.56. The van der Waals surface area contributed by atoms with Gasteiger partial charge in [-0.1, -0.05) is 11.6 Å². The van der Waals surface area contributed by atoms with Gasteiger partial charge in [0, 0.05) is 4.88 Å². The van der Waals surface area contributed by atoms with Gasteiger partial charge in [-0.2, -0.15) is 0 Å². The molecule has 0 aromatic carbocycles. The van der Waals surface area contributed by atoms with Gasteiger partial charge in [0.25, 0.3) is 0 Å². The van der Waals surface area contributed by atoms with Crippen molar-refractivity contribution < 1.29 is 4.39 Å². The molecule has 0 saturated heterocycles. The van der Waals surface area contributed by atoms with Crippen LogP contribution in [0.1, 0.15) is 16.6 Å². The third-order valence-corrected chi connectivity index (χ3v) is 3.44. The van der Waals surface area contributed by atoms with Crippen LogP contribution in [0.4, 0.5) is 4.39 Å². The van der Waals surface area contributed by atoms with Gasteiger partial charge < -0.3 is 5.73 Å². The Labute approximate surface area is 95.5 Å². The fraction of sp³-hybridized carbons (Fsp3) is 0.100. The summed E-state index contributed by atoms with van der Waals surface area (Å²) in [6.07, 6.45) is 1.15. The Morgan fingerprint density at radius 2 is 2.20 bits per heavy atom. The fourth-order valence-electron chi connectivity index (χ4n) is 1.23. The van der Waals surface area contributed by atoms with Gasteiger partial charge in [0.2, 0.25) is 0 Å². The van der Waals surface area contributed by atoms with Crippen LogP contribution in [-0.2, 0) is 0 Å². The third-order valence-electron chi connectivity index (χ3n) is 2.00. The Morgan fingerprint density at radius 3 is 2.73 bits per heavy atom. The molecule has 0 radical (unpaired) electrons. The van der Waals surface area contributed by atoms with E-state index in [1.165, 1.54) is 17.4 Å². The van der Waals surface area contributed by atoms with Crippen molar-refractivity contribution in [1.29, 1.82) is 0 Å². The minimum absolute atomic E-state index is 0.372. The summed E-state index contributed by atoms with van der Waals surface area (Å²) in [4.78, 5) is 4.77. The monoisotopic (exact) mass is 242 g/mol. The van der Waals surface area contributed by atoms with Gasteiger partial charge in [0.05, 0.1) is 23.0 Å². The summed E-state index contributed by atoms with van der Waals surface area (Å²) in [5, 5.41) is 2.49. The molecule has 78 valence electrons. The fourth-order valence-corrected chi connectivity index (χ4v) is 2.42. The molecule has 1 atom stereocenters. The van der Waals surface area contributed by atoms with Gasteiger partial charge in [0.15, 0.2) is 0 Å². The zero-order chi connectivity index (χ0) is 10.8. The number of hydrogen-bond donors (Lipinski definition) is 1. The van der Waals surface area contributed by atoms with Crippen LogP contribution in [0.5, 0.6) is 0 Å². The van der Waals surface area contributed by atoms with E-state index in [4.69, 9.17) is 17.3 Å². The van der Waals surface area contributed by atoms with Crippen LogP contribution in [0.3, 0.4) is 0 Å². The molecule has 0 aliphatic heterocycles. The molecule has 1 unspecified atom stereocenters. The van der Waals surface area contributed by atoms with E-state index in [-0.39, 0.29) is 5.82 Å². The van der Waals surface area contributed by atoms with Crippen molar-refractivity contribution >= 4 is 22.9 Å². The van der Waals surface area contributed by atoms with Crippen molar-refractivity contribution in [3.05, 3.63) is 51.2 Å². The first-order valence-corrected chi connectivity index (χ1v) is 5.54. The van der Waals surface area contributed by atoms with E-state index >= 15 is 0 Å². The normalized spacial score (nSPS) is 12.7. The molecule has 0 fully saturated rings. The molecular formula is C10H8ClFN2S. The molecule has 0 saturated carbocycles. The van der Waals surface area contributed by atoms with E-state index in [9.17, 15) is 4.39 Å². The average Bonchev–Trinajstić information content (AvgIpc) is 2.65. The highest BCUT2D eigenvalue weighted by Gasteiger charge is 2.14. The van der Waals surface area contributed by atoms with Crippen LogP contribution in [0, 0.1) is 5.82 Å². The van der Waals surface area contributed by atoms with E-state index < -0.39 is 6.04 Å². The van der Waals surface area contributed by atoms with Crippen LogP contribution in [0.25, 0.3) is 0 Å². The highest BCUT2D eigenvalue weighted by Crippen LogP contribution is 2.30. The van der Waals surface area contributed by atoms with Crippen LogP contribution in [0.2, 0.25) is 5.02 Å². The summed E-state index contributed by atoms with van der Waals surface area (Å²) in [5.74, 6) is -0.372. The number of rotatable bonds is 2. The summed E-state index contributed by atoms with van der Waals surface area (Å²) in [6, 6.07) is 4.29. The molecule has 15 heavy (non-hydrogen) atoms. The Bertz CT molecular complexity index is 455. The molecule has 5 heteroatoms. The van der Waals surface area contributed by atoms with Crippen molar-refractivity contribution in [3.8, 4) is 0 Å². The topological polar surface area (TPSA) is 38.9 Å². The number of halogens is 2. The largest absolute Gasteiger partial charge is 0.318 e. The van der Waals surface area contributed by atoms with Gasteiger partial charge in [-0.25, -0.2) is 4.39 Å². The number of pyridine rings is 1. The first kappa shape index (κ1) is 10.5. The van der Waals surface area contributed by atoms with Crippen LogP contribution in [-0.4, -0.2) is 4.98 Å². The molecule has 2 rings (SSSR count). The first-order valence-electron chi connectivity index (χ1n) is 4.28. The summed E-state index contributed by atoms with van der Waals surface area (Å²) in [6.45, 7) is 0. The minimum Gasteiger partial charge on any atom is -0.318 e. The summed E-state index contributed by atoms with van der Waals surface area (Å²) in [7, 11) is 0. The van der Waals surface area contributed by atoms with E-state index in [1.807, 2.05) is 5.38 Å². The number of nitrogens with two attached hydrogens (primary N) is 1. The van der Waals surface area contributed by atoms with Crippen molar-refractivity contribution in [2.75, 3.05) is 0 Å². The molecule has 0 aliphatic rings. The predicted molar refractivity (Wildman–Crippen MR) is 59.6 cm³/mol. The lowest BCUT2D eigenvalue weighted by Gasteiger charge is -2.09. The predicted octanol–water partition coefficient (Wildman–Crippen LogP) is 2.98. The van der Waals surface area contributed by atoms with Gasteiger partial charge in [-0.3, -0.25) is 4.98 Å². The molecule has 2 aromatic rings. The Kier molecular flexibility index (Phi) is 3.00. The Hall–Kier alpha value is -0.970. The molecule has 0 bridgehead atoms. The Morgan fingerprint density at radius 1 is 1.40 bits per heavy atom.